The number of methoxy groups -OCH3 is 2. The van der Waals surface area contributed by atoms with Crippen molar-refractivity contribution in [2.75, 3.05) is 34.0 Å². The Kier molecular flexibility index (Phi) is 6.97. The van der Waals surface area contributed by atoms with Gasteiger partial charge in [-0.3, -0.25) is 4.79 Å². The molecule has 0 spiro atoms. The molecule has 0 aliphatic rings. The van der Waals surface area contributed by atoms with Gasteiger partial charge in [0.1, 0.15) is 5.01 Å². The number of nitrogens with one attached hydrogen (secondary N) is 1. The molecule has 2 aromatic heterocycles. The maximum atomic E-state index is 12.6. The van der Waals surface area contributed by atoms with E-state index >= 15 is 0 Å². The third kappa shape index (κ3) is 4.49. The van der Waals surface area contributed by atoms with Crippen molar-refractivity contribution in [3.05, 3.63) is 53.0 Å². The van der Waals surface area contributed by atoms with Crippen LogP contribution in [0, 0.1) is 6.92 Å². The average Bonchev–Trinajstić information content (AvgIpc) is 3.32. The highest BCUT2D eigenvalue weighted by atomic mass is 32.1. The van der Waals surface area contributed by atoms with Gasteiger partial charge in [0, 0.05) is 43.9 Å². The molecular weight excluding hydrogens is 374 g/mol. The van der Waals surface area contributed by atoms with Gasteiger partial charge in [0.05, 0.1) is 30.2 Å². The average molecular weight is 400 g/mol. The molecule has 1 N–H and O–H groups in total. The minimum atomic E-state index is -0.106. The van der Waals surface area contributed by atoms with Crippen LogP contribution in [0.5, 0.6) is 0 Å². The summed E-state index contributed by atoms with van der Waals surface area (Å²) >= 11 is 1.60. The fourth-order valence-corrected chi connectivity index (χ4v) is 3.84. The van der Waals surface area contributed by atoms with Gasteiger partial charge in [-0.05, 0) is 13.0 Å². The predicted octanol–water partition coefficient (Wildman–Crippen LogP) is 3.61. The largest absolute Gasteiger partial charge is 0.383 e. The van der Waals surface area contributed by atoms with Gasteiger partial charge in [0.15, 0.2) is 0 Å². The molecule has 2 heterocycles. The third-order valence-electron chi connectivity index (χ3n) is 4.51. The van der Waals surface area contributed by atoms with E-state index in [1.54, 1.807) is 25.6 Å². The molecule has 1 aromatic carbocycles. The number of carbonyl (C=O) groups excluding carboxylic acids is 1. The van der Waals surface area contributed by atoms with Crippen molar-refractivity contribution in [2.45, 2.75) is 13.5 Å². The van der Waals surface area contributed by atoms with Gasteiger partial charge in [-0.25, -0.2) is 4.98 Å². The lowest BCUT2D eigenvalue weighted by molar-refractivity contribution is 0.0936. The molecule has 6 nitrogen and oxygen atoms in total. The Hall–Kier alpha value is -2.48. The highest BCUT2D eigenvalue weighted by Crippen LogP contribution is 2.31. The topological polar surface area (TPSA) is 65.4 Å². The van der Waals surface area contributed by atoms with E-state index in [1.807, 2.05) is 48.7 Å². The van der Waals surface area contributed by atoms with E-state index in [0.717, 1.165) is 27.7 Å². The molecule has 0 fully saturated rings. The fraction of sp³-hybridized carbons (Fsp3) is 0.333. The molecule has 0 saturated carbocycles. The van der Waals surface area contributed by atoms with Crippen molar-refractivity contribution in [1.82, 2.24) is 14.9 Å². The van der Waals surface area contributed by atoms with E-state index in [2.05, 4.69) is 9.88 Å². The summed E-state index contributed by atoms with van der Waals surface area (Å²) in [4.78, 5) is 17.4. The molecule has 28 heavy (non-hydrogen) atoms. The molecule has 3 rings (SSSR count). The van der Waals surface area contributed by atoms with Crippen LogP contribution in [0.15, 0.2) is 41.8 Å². The number of nitrogens with zero attached hydrogens (tertiary/aromatic N) is 2. The Morgan fingerprint density at radius 3 is 2.64 bits per heavy atom. The molecule has 0 aliphatic carbocycles. The van der Waals surface area contributed by atoms with Crippen LogP contribution in [0.25, 0.3) is 22.0 Å². The van der Waals surface area contributed by atoms with Crippen LogP contribution in [0.4, 0.5) is 0 Å². The summed E-state index contributed by atoms with van der Waals surface area (Å²) in [5.41, 5.74) is 4.42. The number of hydrogen-bond acceptors (Lipinski definition) is 5. The molecule has 0 bridgehead atoms. The van der Waals surface area contributed by atoms with Gasteiger partial charge in [-0.1, -0.05) is 30.3 Å². The van der Waals surface area contributed by atoms with Crippen LogP contribution in [0.2, 0.25) is 0 Å². The molecule has 1 amide bonds. The Morgan fingerprint density at radius 2 is 1.93 bits per heavy atom. The first-order valence-corrected chi connectivity index (χ1v) is 10.0. The second-order valence-corrected chi connectivity index (χ2v) is 7.18. The van der Waals surface area contributed by atoms with Crippen LogP contribution in [0.1, 0.15) is 16.1 Å². The van der Waals surface area contributed by atoms with Gasteiger partial charge in [-0.2, -0.15) is 0 Å². The van der Waals surface area contributed by atoms with Gasteiger partial charge in [0.2, 0.25) is 0 Å². The van der Waals surface area contributed by atoms with Gasteiger partial charge < -0.3 is 19.4 Å². The maximum Gasteiger partial charge on any atom is 0.253 e. The molecule has 7 heteroatoms. The Bertz CT molecular complexity index is 918. The van der Waals surface area contributed by atoms with E-state index in [4.69, 9.17) is 14.5 Å². The molecule has 0 aliphatic heterocycles. The minimum Gasteiger partial charge on any atom is -0.383 e. The number of hydrogen-bond donors (Lipinski definition) is 1. The summed E-state index contributed by atoms with van der Waals surface area (Å²) in [5.74, 6) is -0.106. The number of amides is 1. The number of benzene rings is 1. The van der Waals surface area contributed by atoms with Crippen molar-refractivity contribution in [2.24, 2.45) is 0 Å². The molecule has 3 aromatic rings. The van der Waals surface area contributed by atoms with Crippen LogP contribution in [-0.4, -0.2) is 49.4 Å². The van der Waals surface area contributed by atoms with Crippen molar-refractivity contribution in [1.29, 1.82) is 0 Å². The second-order valence-electron chi connectivity index (χ2n) is 6.33. The zero-order valence-corrected chi connectivity index (χ0v) is 17.2. The fourth-order valence-electron chi connectivity index (χ4n) is 3.02. The molecule has 0 radical (unpaired) electrons. The highest BCUT2D eigenvalue weighted by molar-refractivity contribution is 7.13. The van der Waals surface area contributed by atoms with Gasteiger partial charge >= 0.3 is 0 Å². The van der Waals surface area contributed by atoms with Crippen LogP contribution >= 0.6 is 11.3 Å². The van der Waals surface area contributed by atoms with Crippen LogP contribution in [-0.2, 0) is 16.0 Å². The number of ether oxygens (including phenoxy) is 2. The lowest BCUT2D eigenvalue weighted by Crippen LogP contribution is -2.27. The van der Waals surface area contributed by atoms with Crippen molar-refractivity contribution < 1.29 is 14.3 Å². The van der Waals surface area contributed by atoms with Gasteiger partial charge in [0.25, 0.3) is 5.91 Å². The standard InChI is InChI=1S/C21H25N3O3S/c1-15-17(20(25)22-9-11-26-2)13-19(24(15)10-12-27-3)18-14-28-21(23-18)16-7-5-4-6-8-16/h4-8,13-14H,9-12H2,1-3H3,(H,22,25). The van der Waals surface area contributed by atoms with E-state index in [0.29, 0.717) is 31.9 Å². The first-order valence-electron chi connectivity index (χ1n) is 9.13. The SMILES string of the molecule is COCCNC(=O)c1cc(-c2csc(-c3ccccc3)n2)n(CCOC)c1C. The lowest BCUT2D eigenvalue weighted by Gasteiger charge is -2.10. The first kappa shape index (κ1) is 20.3. The number of rotatable bonds is 9. The Labute approximate surface area is 169 Å². The van der Waals surface area contributed by atoms with Crippen LogP contribution in [0.3, 0.4) is 0 Å². The molecule has 0 unspecified atom stereocenters. The summed E-state index contributed by atoms with van der Waals surface area (Å²) in [7, 11) is 3.29. The summed E-state index contributed by atoms with van der Waals surface area (Å²) in [6.45, 7) is 4.12. The maximum absolute atomic E-state index is 12.6. The van der Waals surface area contributed by atoms with Crippen LogP contribution < -0.4 is 5.32 Å². The van der Waals surface area contributed by atoms with Gasteiger partial charge in [-0.15, -0.1) is 11.3 Å². The summed E-state index contributed by atoms with van der Waals surface area (Å²) < 4.78 is 12.4. The van der Waals surface area contributed by atoms with Crippen molar-refractivity contribution in [3.63, 3.8) is 0 Å². The van der Waals surface area contributed by atoms with E-state index in [9.17, 15) is 4.79 Å². The highest BCUT2D eigenvalue weighted by Gasteiger charge is 2.20. The van der Waals surface area contributed by atoms with Crippen molar-refractivity contribution >= 4 is 17.2 Å². The number of carbonyl (C=O) groups is 1. The Balaban J connectivity index is 1.94. The zero-order valence-electron chi connectivity index (χ0n) is 16.4. The normalized spacial score (nSPS) is 11.0. The monoisotopic (exact) mass is 399 g/mol. The number of thiazole rings is 1. The van der Waals surface area contributed by atoms with E-state index in [1.165, 1.54) is 0 Å². The zero-order chi connectivity index (χ0) is 19.9. The van der Waals surface area contributed by atoms with E-state index < -0.39 is 0 Å². The smallest absolute Gasteiger partial charge is 0.253 e. The first-order chi connectivity index (χ1) is 13.7. The second kappa shape index (κ2) is 9.64. The summed E-state index contributed by atoms with van der Waals surface area (Å²) in [6.07, 6.45) is 0. The predicted molar refractivity (Wildman–Crippen MR) is 112 cm³/mol. The molecule has 148 valence electrons. The van der Waals surface area contributed by atoms with E-state index in [-0.39, 0.29) is 5.91 Å². The molecular formula is C21H25N3O3S. The molecule has 0 saturated heterocycles. The summed E-state index contributed by atoms with van der Waals surface area (Å²) in [5, 5.41) is 5.89. The lowest BCUT2D eigenvalue weighted by atomic mass is 10.2. The number of aromatic nitrogens is 2. The molecule has 0 atom stereocenters. The van der Waals surface area contributed by atoms with Crippen molar-refractivity contribution in [3.8, 4) is 22.0 Å². The third-order valence-corrected chi connectivity index (χ3v) is 5.40. The summed E-state index contributed by atoms with van der Waals surface area (Å²) in [6, 6.07) is 12.0. The quantitative estimate of drug-likeness (QED) is 0.558. The Morgan fingerprint density at radius 1 is 1.18 bits per heavy atom. The minimum absolute atomic E-state index is 0.106.